The zero-order valence-electron chi connectivity index (χ0n) is 10.1. The minimum absolute atomic E-state index is 0.236. The minimum Gasteiger partial charge on any atom is -0.346 e. The third-order valence-electron chi connectivity index (χ3n) is 2.17. The summed E-state index contributed by atoms with van der Waals surface area (Å²) in [6.07, 6.45) is 3.31. The van der Waals surface area contributed by atoms with Crippen LogP contribution in [0.5, 0.6) is 0 Å². The van der Waals surface area contributed by atoms with Gasteiger partial charge in [-0.3, -0.25) is 0 Å². The van der Waals surface area contributed by atoms with Gasteiger partial charge in [0.2, 0.25) is 5.95 Å². The predicted molar refractivity (Wildman–Crippen MR) is 63.9 cm³/mol. The van der Waals surface area contributed by atoms with Gasteiger partial charge in [-0.1, -0.05) is 0 Å². The molecule has 2 N–H and O–H groups in total. The van der Waals surface area contributed by atoms with Gasteiger partial charge in [0.25, 0.3) is 5.95 Å². The molecule has 0 aliphatic carbocycles. The molecule has 2 rings (SSSR count). The van der Waals surface area contributed by atoms with Crippen molar-refractivity contribution in [3.63, 3.8) is 0 Å². The van der Waals surface area contributed by atoms with Gasteiger partial charge in [-0.2, -0.15) is 9.67 Å². The second kappa shape index (κ2) is 4.46. The van der Waals surface area contributed by atoms with E-state index in [4.69, 9.17) is 5.73 Å². The maximum absolute atomic E-state index is 5.87. The minimum atomic E-state index is -0.236. The number of nitrogens with zero attached hydrogens (tertiary/aromatic N) is 6. The lowest BCUT2D eigenvalue weighted by atomic mass is 10.3. The third-order valence-corrected chi connectivity index (χ3v) is 2.17. The standard InChI is InChI=1S/C10H15N7/c1-7(11)8-14-10(16(2)3)15-17(8)9-12-5-4-6-13-9/h4-7H,11H2,1-3H3. The maximum Gasteiger partial charge on any atom is 0.252 e. The Morgan fingerprint density at radius 2 is 1.94 bits per heavy atom. The van der Waals surface area contributed by atoms with E-state index in [1.165, 1.54) is 0 Å². The summed E-state index contributed by atoms with van der Waals surface area (Å²) >= 11 is 0. The van der Waals surface area contributed by atoms with Gasteiger partial charge in [0.15, 0.2) is 5.82 Å². The van der Waals surface area contributed by atoms with Crippen LogP contribution in [0.25, 0.3) is 5.95 Å². The molecular formula is C10H15N7. The number of nitrogens with two attached hydrogens (primary N) is 1. The molecule has 2 heterocycles. The van der Waals surface area contributed by atoms with E-state index in [1.54, 1.807) is 23.1 Å². The van der Waals surface area contributed by atoms with Gasteiger partial charge in [-0.05, 0) is 13.0 Å². The molecule has 90 valence electrons. The molecule has 17 heavy (non-hydrogen) atoms. The van der Waals surface area contributed by atoms with Crippen LogP contribution in [0.15, 0.2) is 18.5 Å². The molecule has 0 aromatic carbocycles. The number of rotatable bonds is 3. The van der Waals surface area contributed by atoms with E-state index >= 15 is 0 Å². The smallest absolute Gasteiger partial charge is 0.252 e. The van der Waals surface area contributed by atoms with E-state index < -0.39 is 0 Å². The summed E-state index contributed by atoms with van der Waals surface area (Å²) in [4.78, 5) is 14.4. The van der Waals surface area contributed by atoms with Crippen molar-refractivity contribution in [2.75, 3.05) is 19.0 Å². The molecule has 0 amide bonds. The van der Waals surface area contributed by atoms with Gasteiger partial charge in [0.05, 0.1) is 6.04 Å². The van der Waals surface area contributed by atoms with Gasteiger partial charge < -0.3 is 10.6 Å². The van der Waals surface area contributed by atoms with Crippen LogP contribution < -0.4 is 10.6 Å². The van der Waals surface area contributed by atoms with Gasteiger partial charge in [0.1, 0.15) is 0 Å². The van der Waals surface area contributed by atoms with Crippen molar-refractivity contribution < 1.29 is 0 Å². The fraction of sp³-hybridized carbons (Fsp3) is 0.400. The molecule has 0 fully saturated rings. The van der Waals surface area contributed by atoms with Gasteiger partial charge >= 0.3 is 0 Å². The van der Waals surface area contributed by atoms with E-state index in [0.29, 0.717) is 17.7 Å². The largest absolute Gasteiger partial charge is 0.346 e. The van der Waals surface area contributed by atoms with E-state index in [9.17, 15) is 0 Å². The van der Waals surface area contributed by atoms with Crippen LogP contribution in [-0.2, 0) is 0 Å². The average molecular weight is 233 g/mol. The first kappa shape index (κ1) is 11.5. The lowest BCUT2D eigenvalue weighted by Gasteiger charge is -2.05. The Kier molecular flexibility index (Phi) is 3.01. The van der Waals surface area contributed by atoms with Gasteiger partial charge in [-0.25, -0.2) is 9.97 Å². The van der Waals surface area contributed by atoms with Gasteiger partial charge in [-0.15, -0.1) is 5.10 Å². The predicted octanol–water partition coefficient (Wildman–Crippen LogP) is 0.143. The van der Waals surface area contributed by atoms with Crippen LogP contribution in [0, 0.1) is 0 Å². The van der Waals surface area contributed by atoms with Crippen LogP contribution >= 0.6 is 0 Å². The molecule has 1 atom stereocenters. The van der Waals surface area contributed by atoms with Crippen molar-refractivity contribution in [2.24, 2.45) is 5.73 Å². The number of anilines is 1. The SMILES string of the molecule is CC(N)c1nc(N(C)C)nn1-c1ncccn1. The first-order valence-electron chi connectivity index (χ1n) is 5.27. The average Bonchev–Trinajstić information content (AvgIpc) is 2.75. The van der Waals surface area contributed by atoms with Gasteiger partial charge in [0, 0.05) is 26.5 Å². The maximum atomic E-state index is 5.87. The molecule has 0 aliphatic rings. The molecule has 0 saturated carbocycles. The third kappa shape index (κ3) is 2.23. The van der Waals surface area contributed by atoms with Crippen LogP contribution in [-0.4, -0.2) is 38.8 Å². The Morgan fingerprint density at radius 1 is 1.29 bits per heavy atom. The molecule has 0 saturated heterocycles. The van der Waals surface area contributed by atoms with Crippen molar-refractivity contribution in [3.8, 4) is 5.95 Å². The normalized spacial score (nSPS) is 12.5. The van der Waals surface area contributed by atoms with Crippen molar-refractivity contribution in [1.82, 2.24) is 24.7 Å². The van der Waals surface area contributed by atoms with Crippen LogP contribution in [0.4, 0.5) is 5.95 Å². The van der Waals surface area contributed by atoms with Crippen LogP contribution in [0.2, 0.25) is 0 Å². The molecule has 2 aromatic heterocycles. The Morgan fingerprint density at radius 3 is 2.47 bits per heavy atom. The molecule has 7 heteroatoms. The van der Waals surface area contributed by atoms with Crippen molar-refractivity contribution in [2.45, 2.75) is 13.0 Å². The number of aromatic nitrogens is 5. The zero-order chi connectivity index (χ0) is 12.4. The summed E-state index contributed by atoms with van der Waals surface area (Å²) in [6, 6.07) is 1.51. The molecule has 1 unspecified atom stereocenters. The fourth-order valence-corrected chi connectivity index (χ4v) is 1.34. The summed E-state index contributed by atoms with van der Waals surface area (Å²) in [6.45, 7) is 1.85. The summed E-state index contributed by atoms with van der Waals surface area (Å²) in [5.41, 5.74) is 5.87. The summed E-state index contributed by atoms with van der Waals surface area (Å²) < 4.78 is 1.57. The Balaban J connectivity index is 2.52. The van der Waals surface area contributed by atoms with E-state index in [-0.39, 0.29) is 6.04 Å². The van der Waals surface area contributed by atoms with Crippen LogP contribution in [0.1, 0.15) is 18.8 Å². The molecule has 0 spiro atoms. The Hall–Kier alpha value is -2.02. The van der Waals surface area contributed by atoms with Crippen molar-refractivity contribution >= 4 is 5.95 Å². The summed E-state index contributed by atoms with van der Waals surface area (Å²) in [5, 5.41) is 4.33. The fourth-order valence-electron chi connectivity index (χ4n) is 1.34. The molecule has 0 radical (unpaired) electrons. The lowest BCUT2D eigenvalue weighted by Crippen LogP contribution is -2.14. The summed E-state index contributed by atoms with van der Waals surface area (Å²) in [7, 11) is 3.74. The van der Waals surface area contributed by atoms with Crippen LogP contribution in [0.3, 0.4) is 0 Å². The molecule has 0 bridgehead atoms. The number of hydrogen-bond acceptors (Lipinski definition) is 6. The highest BCUT2D eigenvalue weighted by Crippen LogP contribution is 2.14. The Bertz CT molecular complexity index is 489. The second-order valence-corrected chi connectivity index (χ2v) is 3.91. The van der Waals surface area contributed by atoms with Crippen molar-refractivity contribution in [3.05, 3.63) is 24.3 Å². The Labute approximate surface area is 99.3 Å². The topological polar surface area (TPSA) is 85.8 Å². The molecule has 7 nitrogen and oxygen atoms in total. The second-order valence-electron chi connectivity index (χ2n) is 3.91. The molecule has 0 aliphatic heterocycles. The zero-order valence-corrected chi connectivity index (χ0v) is 10.1. The highest BCUT2D eigenvalue weighted by molar-refractivity contribution is 5.29. The first-order chi connectivity index (χ1) is 8.09. The molecular weight excluding hydrogens is 218 g/mol. The summed E-state index contributed by atoms with van der Waals surface area (Å²) in [5.74, 6) is 1.70. The number of hydrogen-bond donors (Lipinski definition) is 1. The quantitative estimate of drug-likeness (QED) is 0.811. The first-order valence-corrected chi connectivity index (χ1v) is 5.27. The monoisotopic (exact) mass is 233 g/mol. The van der Waals surface area contributed by atoms with E-state index in [1.807, 2.05) is 25.9 Å². The lowest BCUT2D eigenvalue weighted by molar-refractivity contribution is 0.669. The molecule has 2 aromatic rings. The van der Waals surface area contributed by atoms with E-state index in [0.717, 1.165) is 0 Å². The highest BCUT2D eigenvalue weighted by Gasteiger charge is 2.17. The van der Waals surface area contributed by atoms with Crippen molar-refractivity contribution in [1.29, 1.82) is 0 Å². The highest BCUT2D eigenvalue weighted by atomic mass is 15.5. The van der Waals surface area contributed by atoms with E-state index in [2.05, 4.69) is 20.1 Å².